The van der Waals surface area contributed by atoms with E-state index in [1.54, 1.807) is 0 Å². The van der Waals surface area contributed by atoms with Crippen molar-refractivity contribution in [2.24, 2.45) is 5.73 Å². The zero-order chi connectivity index (χ0) is 47.7. The molecule has 0 heterocycles. The minimum Gasteiger partial charge on any atom is -0.480 e. The Morgan fingerprint density at radius 2 is 0.677 bits per heavy atom. The number of carbonyl (C=O) groups is 3. The first-order valence-electron chi connectivity index (χ1n) is 27.6. The van der Waals surface area contributed by atoms with E-state index in [1.807, 2.05) is 0 Å². The van der Waals surface area contributed by atoms with Gasteiger partial charge in [-0.05, 0) is 12.8 Å². The van der Waals surface area contributed by atoms with Crippen molar-refractivity contribution in [2.45, 2.75) is 302 Å². The summed E-state index contributed by atoms with van der Waals surface area (Å²) in [4.78, 5) is 46.2. The second-order valence-electron chi connectivity index (χ2n) is 19.1. The molecule has 0 aromatic carbocycles. The third kappa shape index (κ3) is 48.7. The standard InChI is InChI=1S/C53H104NO10P/c1-3-5-7-9-11-13-15-17-19-21-22-23-24-25-26-27-29-31-33-35-37-39-41-43-45-52(56)64-49(47-62-65(59,60)63-48-50(54)53(57)58)46-61-51(55)44-42-40-38-36-34-32-30-28-20-18-16-14-12-10-8-6-4-2/h49-50H,3-48,54H2,1-2H3,(H,57,58)(H,59,60). The molecule has 0 saturated carbocycles. The van der Waals surface area contributed by atoms with E-state index in [0.717, 1.165) is 38.5 Å². The van der Waals surface area contributed by atoms with Crippen LogP contribution < -0.4 is 5.73 Å². The van der Waals surface area contributed by atoms with Gasteiger partial charge >= 0.3 is 25.7 Å². The Balaban J connectivity index is 4.12. The van der Waals surface area contributed by atoms with Crippen molar-refractivity contribution in [3.63, 3.8) is 0 Å². The number of carboxylic acid groups (broad SMARTS) is 1. The third-order valence-corrected chi connectivity index (χ3v) is 13.6. The van der Waals surface area contributed by atoms with Crippen molar-refractivity contribution in [3.05, 3.63) is 0 Å². The summed E-state index contributed by atoms with van der Waals surface area (Å²) < 4.78 is 32.9. The molecular formula is C53H104NO10P. The molecule has 0 saturated heterocycles. The van der Waals surface area contributed by atoms with Crippen LogP contribution in [0.25, 0.3) is 0 Å². The van der Waals surface area contributed by atoms with E-state index in [-0.39, 0.29) is 19.4 Å². The van der Waals surface area contributed by atoms with E-state index in [0.29, 0.717) is 12.8 Å². The van der Waals surface area contributed by atoms with Gasteiger partial charge in [-0.25, -0.2) is 4.57 Å². The minimum atomic E-state index is -4.72. The molecule has 0 rings (SSSR count). The average Bonchev–Trinajstić information content (AvgIpc) is 3.28. The monoisotopic (exact) mass is 946 g/mol. The van der Waals surface area contributed by atoms with Crippen LogP contribution in [0.3, 0.4) is 0 Å². The fourth-order valence-electron chi connectivity index (χ4n) is 8.31. The van der Waals surface area contributed by atoms with E-state index >= 15 is 0 Å². The van der Waals surface area contributed by atoms with Crippen LogP contribution in [-0.2, 0) is 37.5 Å². The molecule has 0 aliphatic rings. The fraction of sp³-hybridized carbons (Fsp3) is 0.943. The highest BCUT2D eigenvalue weighted by atomic mass is 31.2. The Labute approximate surface area is 399 Å². The maximum absolute atomic E-state index is 12.7. The minimum absolute atomic E-state index is 0.170. The van der Waals surface area contributed by atoms with Gasteiger partial charge in [0.15, 0.2) is 6.10 Å². The van der Waals surface area contributed by atoms with Gasteiger partial charge in [-0.2, -0.15) is 0 Å². The van der Waals surface area contributed by atoms with Crippen molar-refractivity contribution in [1.82, 2.24) is 0 Å². The lowest BCUT2D eigenvalue weighted by Gasteiger charge is -2.20. The van der Waals surface area contributed by atoms with Gasteiger partial charge in [0.1, 0.15) is 12.6 Å². The number of ether oxygens (including phenoxy) is 2. The van der Waals surface area contributed by atoms with Gasteiger partial charge in [0.2, 0.25) is 0 Å². The SMILES string of the molecule is CCCCCCCCCCCCCCCCCCCCCCCCCCC(=O)OC(COC(=O)CCCCCCCCCCCCCCCCCCC)COP(=O)(O)OCC(N)C(=O)O. The Morgan fingerprint density at radius 1 is 0.415 bits per heavy atom. The molecule has 3 atom stereocenters. The van der Waals surface area contributed by atoms with Crippen LogP contribution in [-0.4, -0.2) is 59.9 Å². The van der Waals surface area contributed by atoms with Crippen molar-refractivity contribution >= 4 is 25.7 Å². The molecule has 4 N–H and O–H groups in total. The van der Waals surface area contributed by atoms with E-state index in [2.05, 4.69) is 13.8 Å². The summed E-state index contributed by atoms with van der Waals surface area (Å²) >= 11 is 0. The highest BCUT2D eigenvalue weighted by Crippen LogP contribution is 2.43. The Bertz CT molecular complexity index is 1110. The Kier molecular flexibility index (Phi) is 47.8. The molecule has 0 amide bonds. The lowest BCUT2D eigenvalue weighted by atomic mass is 10.0. The van der Waals surface area contributed by atoms with Crippen LogP contribution in [0.2, 0.25) is 0 Å². The second kappa shape index (κ2) is 48.9. The number of carbonyl (C=O) groups excluding carboxylic acids is 2. The summed E-state index contributed by atoms with van der Waals surface area (Å²) in [6.07, 6.45) is 51.7. The molecule has 0 aliphatic carbocycles. The molecule has 0 aromatic rings. The topological polar surface area (TPSA) is 172 Å². The van der Waals surface area contributed by atoms with Crippen molar-refractivity contribution < 1.29 is 47.5 Å². The van der Waals surface area contributed by atoms with E-state index in [4.69, 9.17) is 29.4 Å². The van der Waals surface area contributed by atoms with Gasteiger partial charge in [-0.3, -0.25) is 23.4 Å². The number of nitrogens with two attached hydrogens (primary N) is 1. The first kappa shape index (κ1) is 63.5. The predicted molar refractivity (Wildman–Crippen MR) is 268 cm³/mol. The number of hydrogen-bond acceptors (Lipinski definition) is 9. The Hall–Kier alpha value is -1.52. The van der Waals surface area contributed by atoms with Crippen LogP contribution in [0.15, 0.2) is 0 Å². The van der Waals surface area contributed by atoms with Crippen molar-refractivity contribution in [3.8, 4) is 0 Å². The summed E-state index contributed by atoms with van der Waals surface area (Å²) in [5.74, 6) is -2.35. The number of unbranched alkanes of at least 4 members (excludes halogenated alkanes) is 39. The van der Waals surface area contributed by atoms with Crippen LogP contribution in [0.5, 0.6) is 0 Å². The third-order valence-electron chi connectivity index (χ3n) is 12.6. The lowest BCUT2D eigenvalue weighted by Crippen LogP contribution is -2.34. The highest BCUT2D eigenvalue weighted by molar-refractivity contribution is 7.47. The molecule has 12 heteroatoms. The Morgan fingerprint density at radius 3 is 0.969 bits per heavy atom. The number of hydrogen-bond donors (Lipinski definition) is 3. The molecule has 0 aliphatic heterocycles. The molecule has 386 valence electrons. The smallest absolute Gasteiger partial charge is 0.472 e. The van der Waals surface area contributed by atoms with Crippen molar-refractivity contribution in [1.29, 1.82) is 0 Å². The average molecular weight is 946 g/mol. The number of carboxylic acids is 1. The van der Waals surface area contributed by atoms with Gasteiger partial charge in [0.25, 0.3) is 0 Å². The fourth-order valence-corrected chi connectivity index (χ4v) is 9.08. The molecule has 0 aromatic heterocycles. The summed E-state index contributed by atoms with van der Waals surface area (Å²) in [6.45, 7) is 2.88. The van der Waals surface area contributed by atoms with Gasteiger partial charge in [-0.1, -0.05) is 264 Å². The van der Waals surface area contributed by atoms with Gasteiger partial charge in [0.05, 0.1) is 13.2 Å². The molecule has 0 radical (unpaired) electrons. The summed E-state index contributed by atoms with van der Waals surface area (Å²) in [7, 11) is -4.72. The first-order valence-corrected chi connectivity index (χ1v) is 29.1. The number of phosphoric acid groups is 1. The van der Waals surface area contributed by atoms with Crippen LogP contribution >= 0.6 is 7.82 Å². The van der Waals surface area contributed by atoms with E-state index in [1.165, 1.54) is 212 Å². The van der Waals surface area contributed by atoms with Crippen LogP contribution in [0.1, 0.15) is 290 Å². The summed E-state index contributed by atoms with van der Waals surface area (Å²) in [5, 5.41) is 8.93. The molecule has 11 nitrogen and oxygen atoms in total. The second-order valence-corrected chi connectivity index (χ2v) is 20.5. The summed E-state index contributed by atoms with van der Waals surface area (Å²) in [5.41, 5.74) is 5.36. The zero-order valence-corrected chi connectivity index (χ0v) is 43.3. The van der Waals surface area contributed by atoms with Gasteiger partial charge < -0.3 is 25.2 Å². The largest absolute Gasteiger partial charge is 0.480 e. The highest BCUT2D eigenvalue weighted by Gasteiger charge is 2.28. The molecule has 0 spiro atoms. The van der Waals surface area contributed by atoms with Crippen LogP contribution in [0.4, 0.5) is 0 Å². The van der Waals surface area contributed by atoms with Gasteiger partial charge in [-0.15, -0.1) is 0 Å². The maximum atomic E-state index is 12.7. The molecule has 3 unspecified atom stereocenters. The molecule has 0 bridgehead atoms. The normalized spacial score (nSPS) is 13.4. The molecule has 65 heavy (non-hydrogen) atoms. The first-order chi connectivity index (χ1) is 31.6. The van der Waals surface area contributed by atoms with Crippen LogP contribution in [0, 0.1) is 0 Å². The lowest BCUT2D eigenvalue weighted by molar-refractivity contribution is -0.161. The molecular weight excluding hydrogens is 842 g/mol. The zero-order valence-electron chi connectivity index (χ0n) is 42.4. The number of aliphatic carboxylic acids is 1. The number of esters is 2. The predicted octanol–water partition coefficient (Wildman–Crippen LogP) is 15.8. The summed E-state index contributed by atoms with van der Waals surface area (Å²) in [6, 6.07) is -1.52. The van der Waals surface area contributed by atoms with E-state index in [9.17, 15) is 23.8 Å². The quantitative estimate of drug-likeness (QED) is 0.0301. The number of rotatable bonds is 53. The molecule has 0 fully saturated rings. The van der Waals surface area contributed by atoms with Crippen molar-refractivity contribution in [2.75, 3.05) is 19.8 Å². The van der Waals surface area contributed by atoms with Gasteiger partial charge in [0, 0.05) is 12.8 Å². The van der Waals surface area contributed by atoms with E-state index < -0.39 is 51.1 Å². The maximum Gasteiger partial charge on any atom is 0.472 e. The number of phosphoric ester groups is 1.